The minimum absolute atomic E-state index is 0.177. The van der Waals surface area contributed by atoms with Crippen molar-refractivity contribution >= 4 is 39.7 Å². The van der Waals surface area contributed by atoms with Gasteiger partial charge in [-0.15, -0.1) is 10.2 Å². The maximum absolute atomic E-state index is 13.2. The van der Waals surface area contributed by atoms with Crippen molar-refractivity contribution in [2.75, 3.05) is 26.3 Å². The number of aromatic nitrogens is 5. The second-order valence-electron chi connectivity index (χ2n) is 9.04. The van der Waals surface area contributed by atoms with Crippen LogP contribution in [-0.2, 0) is 25.6 Å². The van der Waals surface area contributed by atoms with Crippen LogP contribution in [0.5, 0.6) is 0 Å². The number of aromatic amines is 1. The zero-order chi connectivity index (χ0) is 28.1. The van der Waals surface area contributed by atoms with E-state index in [9.17, 15) is 14.4 Å². The number of fused-ring (bicyclic) bond motifs is 3. The summed E-state index contributed by atoms with van der Waals surface area (Å²) in [6, 6.07) is 21.4. The molecule has 0 aliphatic heterocycles. The van der Waals surface area contributed by atoms with E-state index in [0.29, 0.717) is 17.9 Å². The van der Waals surface area contributed by atoms with Crippen LogP contribution in [0.15, 0.2) is 66.7 Å². The first kappa shape index (κ1) is 26.5. The average molecular weight is 541 g/mol. The Morgan fingerprint density at radius 1 is 0.850 bits per heavy atom. The molecule has 11 nitrogen and oxygen atoms in total. The van der Waals surface area contributed by atoms with Crippen molar-refractivity contribution in [2.24, 2.45) is 0 Å². The molecule has 1 N–H and O–H groups in total. The first-order valence-electron chi connectivity index (χ1n) is 12.9. The van der Waals surface area contributed by atoms with Crippen LogP contribution < -0.4 is 0 Å². The molecule has 0 aliphatic carbocycles. The first-order valence-corrected chi connectivity index (χ1v) is 12.9. The number of nitrogens with zero attached hydrogens (tertiary/aromatic N) is 5. The van der Waals surface area contributed by atoms with Crippen molar-refractivity contribution < 1.29 is 23.9 Å². The standard InChI is InChI=1S/C29H28N6O5/c1-3-39-26(36)17-34(18-27(37)40-4-2)29(38)20-11-9-19(10-12-20)16-35-24-8-6-5-7-22(24)23-15-21(13-14-25(23)35)28-30-32-33-31-28/h5-15H,3-4,16-18H2,1-2H3,(H,30,31,32,33). The molecule has 204 valence electrons. The molecule has 5 aromatic rings. The third kappa shape index (κ3) is 5.53. The number of para-hydroxylation sites is 1. The van der Waals surface area contributed by atoms with E-state index in [1.165, 1.54) is 0 Å². The van der Waals surface area contributed by atoms with Crippen LogP contribution in [0.1, 0.15) is 29.8 Å². The Kier molecular flexibility index (Phi) is 7.81. The van der Waals surface area contributed by atoms with Crippen molar-refractivity contribution in [3.05, 3.63) is 77.9 Å². The molecule has 0 radical (unpaired) electrons. The highest BCUT2D eigenvalue weighted by molar-refractivity contribution is 6.09. The highest BCUT2D eigenvalue weighted by Crippen LogP contribution is 2.32. The molecule has 1 amide bonds. The van der Waals surface area contributed by atoms with Crippen molar-refractivity contribution in [3.63, 3.8) is 0 Å². The zero-order valence-corrected chi connectivity index (χ0v) is 22.2. The molecule has 5 rings (SSSR count). The van der Waals surface area contributed by atoms with Crippen molar-refractivity contribution in [3.8, 4) is 11.4 Å². The molecular weight excluding hydrogens is 512 g/mol. The lowest BCUT2D eigenvalue weighted by molar-refractivity contribution is -0.147. The van der Waals surface area contributed by atoms with Crippen LogP contribution in [0.25, 0.3) is 33.2 Å². The number of carbonyl (C=O) groups excluding carboxylic acids is 3. The van der Waals surface area contributed by atoms with Crippen molar-refractivity contribution in [1.82, 2.24) is 30.1 Å². The number of hydrogen-bond donors (Lipinski definition) is 1. The number of amides is 1. The minimum Gasteiger partial charge on any atom is -0.465 e. The van der Waals surface area contributed by atoms with E-state index in [-0.39, 0.29) is 26.3 Å². The fourth-order valence-electron chi connectivity index (χ4n) is 4.69. The lowest BCUT2D eigenvalue weighted by Crippen LogP contribution is -2.40. The molecule has 0 bridgehead atoms. The molecule has 2 aromatic heterocycles. The molecule has 0 saturated heterocycles. The zero-order valence-electron chi connectivity index (χ0n) is 22.2. The van der Waals surface area contributed by atoms with Gasteiger partial charge in [-0.2, -0.15) is 5.21 Å². The second kappa shape index (κ2) is 11.8. The predicted octanol–water partition coefficient (Wildman–Crippen LogP) is 3.59. The van der Waals surface area contributed by atoms with E-state index in [1.807, 2.05) is 36.4 Å². The van der Waals surface area contributed by atoms with Gasteiger partial charge in [-0.3, -0.25) is 14.4 Å². The summed E-state index contributed by atoms with van der Waals surface area (Å²) in [6.07, 6.45) is 0. The molecule has 0 unspecified atom stereocenters. The summed E-state index contributed by atoms with van der Waals surface area (Å²) in [5.41, 5.74) is 4.30. The van der Waals surface area contributed by atoms with Crippen LogP contribution in [0, 0.1) is 0 Å². The number of H-pyrrole nitrogens is 1. The van der Waals surface area contributed by atoms with E-state index < -0.39 is 17.8 Å². The van der Waals surface area contributed by atoms with Gasteiger partial charge < -0.3 is 18.9 Å². The Morgan fingerprint density at radius 3 is 2.17 bits per heavy atom. The molecule has 3 aromatic carbocycles. The average Bonchev–Trinajstić information content (AvgIpc) is 3.60. The molecular formula is C29H28N6O5. The summed E-state index contributed by atoms with van der Waals surface area (Å²) >= 11 is 0. The van der Waals surface area contributed by atoms with Gasteiger partial charge in [0.05, 0.1) is 13.2 Å². The van der Waals surface area contributed by atoms with E-state index in [4.69, 9.17) is 9.47 Å². The van der Waals surface area contributed by atoms with Gasteiger partial charge in [-0.25, -0.2) is 0 Å². The molecule has 0 fully saturated rings. The summed E-state index contributed by atoms with van der Waals surface area (Å²) < 4.78 is 12.2. The van der Waals surface area contributed by atoms with Crippen LogP contribution in [-0.4, -0.2) is 74.2 Å². The number of ether oxygens (including phenoxy) is 2. The highest BCUT2D eigenvalue weighted by Gasteiger charge is 2.23. The summed E-state index contributed by atoms with van der Waals surface area (Å²) in [5, 5.41) is 16.5. The summed E-state index contributed by atoms with van der Waals surface area (Å²) in [6.45, 7) is 3.58. The SMILES string of the molecule is CCOC(=O)CN(CC(=O)OCC)C(=O)c1ccc(Cn2c3ccccc3c3cc(-c4nn[nH]n4)ccc32)cc1. The quantitative estimate of drug-likeness (QED) is 0.266. The number of carbonyl (C=O) groups is 3. The Labute approximate surface area is 229 Å². The second-order valence-corrected chi connectivity index (χ2v) is 9.04. The van der Waals surface area contributed by atoms with E-state index in [2.05, 4.69) is 43.4 Å². The third-order valence-electron chi connectivity index (χ3n) is 6.46. The van der Waals surface area contributed by atoms with Crippen molar-refractivity contribution in [1.29, 1.82) is 0 Å². The monoisotopic (exact) mass is 540 g/mol. The highest BCUT2D eigenvalue weighted by atomic mass is 16.5. The van der Waals surface area contributed by atoms with E-state index in [0.717, 1.165) is 37.8 Å². The third-order valence-corrected chi connectivity index (χ3v) is 6.46. The van der Waals surface area contributed by atoms with Crippen molar-refractivity contribution in [2.45, 2.75) is 20.4 Å². The molecule has 2 heterocycles. The van der Waals surface area contributed by atoms with Gasteiger partial charge in [0.15, 0.2) is 0 Å². The van der Waals surface area contributed by atoms with Gasteiger partial charge in [0.2, 0.25) is 5.82 Å². The van der Waals surface area contributed by atoms with Gasteiger partial charge in [-0.1, -0.05) is 30.3 Å². The predicted molar refractivity (Wildman–Crippen MR) is 147 cm³/mol. The van der Waals surface area contributed by atoms with Gasteiger partial charge in [0.25, 0.3) is 5.91 Å². The number of hydrogen-bond acceptors (Lipinski definition) is 8. The van der Waals surface area contributed by atoms with Crippen LogP contribution in [0.4, 0.5) is 0 Å². The Balaban J connectivity index is 1.41. The topological polar surface area (TPSA) is 132 Å². The van der Waals surface area contributed by atoms with Gasteiger partial charge in [-0.05, 0) is 61.0 Å². The minimum atomic E-state index is -0.592. The molecule has 0 spiro atoms. The summed E-state index contributed by atoms with van der Waals surface area (Å²) in [4.78, 5) is 38.5. The first-order chi connectivity index (χ1) is 19.5. The Bertz CT molecular complexity index is 1640. The molecule has 0 aliphatic rings. The fraction of sp³-hybridized carbons (Fsp3) is 0.241. The molecule has 40 heavy (non-hydrogen) atoms. The molecule has 0 atom stereocenters. The largest absolute Gasteiger partial charge is 0.465 e. The fourth-order valence-corrected chi connectivity index (χ4v) is 4.69. The number of nitrogens with one attached hydrogen (secondary N) is 1. The number of tetrazole rings is 1. The Hall–Kier alpha value is -5.06. The van der Waals surface area contributed by atoms with Gasteiger partial charge in [0, 0.05) is 39.5 Å². The van der Waals surface area contributed by atoms with Crippen LogP contribution >= 0.6 is 0 Å². The lowest BCUT2D eigenvalue weighted by Gasteiger charge is -2.21. The number of esters is 2. The molecule has 11 heteroatoms. The van der Waals surface area contributed by atoms with Crippen LogP contribution in [0.2, 0.25) is 0 Å². The smallest absolute Gasteiger partial charge is 0.325 e. The van der Waals surface area contributed by atoms with Gasteiger partial charge >= 0.3 is 11.9 Å². The lowest BCUT2D eigenvalue weighted by atomic mass is 10.1. The number of benzene rings is 3. The Morgan fingerprint density at radius 2 is 1.52 bits per heavy atom. The summed E-state index contributed by atoms with van der Waals surface area (Å²) in [7, 11) is 0. The maximum atomic E-state index is 13.2. The maximum Gasteiger partial charge on any atom is 0.325 e. The number of rotatable bonds is 10. The summed E-state index contributed by atoms with van der Waals surface area (Å²) in [5.74, 6) is -1.12. The van der Waals surface area contributed by atoms with E-state index in [1.54, 1.807) is 26.0 Å². The normalized spacial score (nSPS) is 11.1. The van der Waals surface area contributed by atoms with Gasteiger partial charge in [0.1, 0.15) is 13.1 Å². The van der Waals surface area contributed by atoms with E-state index >= 15 is 0 Å². The molecule has 0 saturated carbocycles. The van der Waals surface area contributed by atoms with Crippen LogP contribution in [0.3, 0.4) is 0 Å².